The van der Waals surface area contributed by atoms with E-state index in [4.69, 9.17) is 25.6 Å². The minimum Gasteiger partial charge on any atom is -0.383 e. The Bertz CT molecular complexity index is 727. The van der Waals surface area contributed by atoms with Gasteiger partial charge in [0.05, 0.1) is 12.7 Å². The molecule has 1 atom stereocenters. The summed E-state index contributed by atoms with van der Waals surface area (Å²) in [4.78, 5) is 12.8. The van der Waals surface area contributed by atoms with Crippen LogP contribution in [-0.4, -0.2) is 50.6 Å². The lowest BCUT2D eigenvalue weighted by Gasteiger charge is -2.11. The number of carbonyl (C=O) groups is 1. The van der Waals surface area contributed by atoms with E-state index in [1.54, 1.807) is 31.4 Å². The van der Waals surface area contributed by atoms with Gasteiger partial charge in [-0.05, 0) is 37.1 Å². The number of aromatic nitrogens is 1. The lowest BCUT2D eigenvalue weighted by Crippen LogP contribution is -2.32. The second-order valence-corrected chi connectivity index (χ2v) is 6.44. The molecule has 1 aromatic carbocycles. The van der Waals surface area contributed by atoms with E-state index in [1.807, 2.05) is 0 Å². The van der Waals surface area contributed by atoms with Crippen LogP contribution in [0.3, 0.4) is 0 Å². The van der Waals surface area contributed by atoms with Crippen LogP contribution < -0.4 is 10.6 Å². The molecule has 2 N–H and O–H groups in total. The van der Waals surface area contributed by atoms with Crippen LogP contribution in [0.1, 0.15) is 23.2 Å². The van der Waals surface area contributed by atoms with E-state index in [9.17, 15) is 4.79 Å². The van der Waals surface area contributed by atoms with Crippen molar-refractivity contribution in [3.8, 4) is 11.3 Å². The molecule has 0 aliphatic carbocycles. The van der Waals surface area contributed by atoms with Gasteiger partial charge in [-0.2, -0.15) is 0 Å². The largest absolute Gasteiger partial charge is 0.383 e. The van der Waals surface area contributed by atoms with Gasteiger partial charge in [-0.1, -0.05) is 16.8 Å². The Morgan fingerprint density at radius 3 is 2.88 bits per heavy atom. The Morgan fingerprint density at radius 2 is 2.19 bits per heavy atom. The number of amides is 1. The molecule has 2 aromatic rings. The van der Waals surface area contributed by atoms with Gasteiger partial charge < -0.3 is 24.6 Å². The van der Waals surface area contributed by atoms with E-state index < -0.39 is 0 Å². The van der Waals surface area contributed by atoms with E-state index in [-0.39, 0.29) is 12.0 Å². The maximum Gasteiger partial charge on any atom is 0.259 e. The number of hydrogen-bond donors (Lipinski definition) is 2. The van der Waals surface area contributed by atoms with Gasteiger partial charge in [-0.3, -0.25) is 4.79 Å². The Morgan fingerprint density at radius 1 is 1.38 bits per heavy atom. The van der Waals surface area contributed by atoms with Gasteiger partial charge in [0.2, 0.25) is 0 Å². The van der Waals surface area contributed by atoms with Gasteiger partial charge in [0.1, 0.15) is 5.56 Å². The van der Waals surface area contributed by atoms with Crippen molar-refractivity contribution in [2.24, 2.45) is 0 Å². The molecule has 140 valence electrons. The van der Waals surface area contributed by atoms with Crippen molar-refractivity contribution in [3.63, 3.8) is 0 Å². The fourth-order valence-electron chi connectivity index (χ4n) is 2.79. The van der Waals surface area contributed by atoms with Gasteiger partial charge >= 0.3 is 0 Å². The second-order valence-electron chi connectivity index (χ2n) is 6.01. The predicted octanol–water partition coefficient (Wildman–Crippen LogP) is 2.96. The van der Waals surface area contributed by atoms with Gasteiger partial charge in [-0.15, -0.1) is 0 Å². The van der Waals surface area contributed by atoms with Gasteiger partial charge in [0.15, 0.2) is 11.6 Å². The number of rotatable bonds is 8. The van der Waals surface area contributed by atoms with Crippen molar-refractivity contribution in [3.05, 3.63) is 34.9 Å². The van der Waals surface area contributed by atoms with Crippen LogP contribution in [0.5, 0.6) is 0 Å². The van der Waals surface area contributed by atoms with E-state index in [2.05, 4.69) is 15.8 Å². The number of nitrogens with zero attached hydrogens (tertiary/aromatic N) is 1. The van der Waals surface area contributed by atoms with Crippen molar-refractivity contribution in [1.82, 2.24) is 10.5 Å². The zero-order valence-corrected chi connectivity index (χ0v) is 15.3. The molecule has 2 heterocycles. The summed E-state index contributed by atoms with van der Waals surface area (Å²) >= 11 is 5.95. The van der Waals surface area contributed by atoms with Crippen LogP contribution in [0.15, 0.2) is 28.8 Å². The zero-order valence-electron chi connectivity index (χ0n) is 14.6. The quantitative estimate of drug-likeness (QED) is 0.686. The number of anilines is 1. The summed E-state index contributed by atoms with van der Waals surface area (Å²) < 4.78 is 16.0. The number of methoxy groups -OCH3 is 1. The summed E-state index contributed by atoms with van der Waals surface area (Å²) in [5, 5.41) is 10.6. The maximum absolute atomic E-state index is 12.8. The van der Waals surface area contributed by atoms with Crippen molar-refractivity contribution in [1.29, 1.82) is 0 Å². The third-order valence-corrected chi connectivity index (χ3v) is 4.39. The second kappa shape index (κ2) is 9.02. The average molecular weight is 380 g/mol. The predicted molar refractivity (Wildman–Crippen MR) is 98.6 cm³/mol. The molecular weight excluding hydrogens is 358 g/mol. The normalized spacial score (nSPS) is 16.6. The molecule has 1 fully saturated rings. The fourth-order valence-corrected chi connectivity index (χ4v) is 2.92. The highest BCUT2D eigenvalue weighted by atomic mass is 35.5. The van der Waals surface area contributed by atoms with E-state index in [1.165, 1.54) is 0 Å². The zero-order chi connectivity index (χ0) is 18.4. The number of carbonyl (C=O) groups excluding carboxylic acids is 1. The van der Waals surface area contributed by atoms with Crippen molar-refractivity contribution < 1.29 is 18.8 Å². The molecule has 0 bridgehead atoms. The lowest BCUT2D eigenvalue weighted by atomic mass is 10.1. The molecule has 26 heavy (non-hydrogen) atoms. The summed E-state index contributed by atoms with van der Waals surface area (Å²) in [5.41, 5.74) is 1.09. The van der Waals surface area contributed by atoms with Crippen molar-refractivity contribution >= 4 is 23.3 Å². The van der Waals surface area contributed by atoms with Gasteiger partial charge in [0, 0.05) is 37.4 Å². The molecule has 7 nitrogen and oxygen atoms in total. The summed E-state index contributed by atoms with van der Waals surface area (Å²) in [7, 11) is 1.61. The number of ether oxygens (including phenoxy) is 2. The first-order valence-corrected chi connectivity index (χ1v) is 8.95. The first-order valence-electron chi connectivity index (χ1n) is 8.57. The molecule has 3 rings (SSSR count). The standard InChI is InChI=1S/C18H22ClN3O4/c1-24-10-8-20-17-15(18(23)21-11-14-3-2-9-25-14)16(26-22-17)12-4-6-13(19)7-5-12/h4-7,14H,2-3,8-11H2,1H3,(H,20,22)(H,21,23)/t14-/m0/s1. The van der Waals surface area contributed by atoms with Gasteiger partial charge in [-0.25, -0.2) is 0 Å². The molecule has 8 heteroatoms. The Labute approximate surface area is 157 Å². The van der Waals surface area contributed by atoms with Crippen LogP contribution in [0.2, 0.25) is 5.02 Å². The maximum atomic E-state index is 12.8. The van der Waals surface area contributed by atoms with Crippen LogP contribution in [0, 0.1) is 0 Å². The molecule has 0 unspecified atom stereocenters. The van der Waals surface area contributed by atoms with Crippen LogP contribution in [0.25, 0.3) is 11.3 Å². The molecular formula is C18H22ClN3O4. The van der Waals surface area contributed by atoms with E-state index in [0.29, 0.717) is 41.9 Å². The minimum absolute atomic E-state index is 0.0580. The topological polar surface area (TPSA) is 85.6 Å². The van der Waals surface area contributed by atoms with Gasteiger partial charge in [0.25, 0.3) is 5.91 Å². The first kappa shape index (κ1) is 18.7. The van der Waals surface area contributed by atoms with E-state index >= 15 is 0 Å². The minimum atomic E-state index is -0.258. The Hall–Kier alpha value is -2.09. The third-order valence-electron chi connectivity index (χ3n) is 4.14. The molecule has 0 saturated carbocycles. The van der Waals surface area contributed by atoms with Crippen molar-refractivity contribution in [2.45, 2.75) is 18.9 Å². The molecule has 0 spiro atoms. The Kier molecular flexibility index (Phi) is 6.49. The monoisotopic (exact) mass is 379 g/mol. The van der Waals surface area contributed by atoms with Crippen molar-refractivity contribution in [2.75, 3.05) is 38.7 Å². The summed E-state index contributed by atoms with van der Waals surface area (Å²) in [5.74, 6) is 0.523. The molecule has 1 saturated heterocycles. The molecule has 1 aliphatic heterocycles. The summed E-state index contributed by atoms with van der Waals surface area (Å²) in [6.45, 7) is 2.20. The number of halogens is 1. The Balaban J connectivity index is 1.81. The molecule has 0 radical (unpaired) electrons. The summed E-state index contributed by atoms with van der Waals surface area (Å²) in [6.07, 6.45) is 2.03. The number of benzene rings is 1. The van der Waals surface area contributed by atoms with Crippen LogP contribution in [-0.2, 0) is 9.47 Å². The molecule has 1 aliphatic rings. The third kappa shape index (κ3) is 4.55. The lowest BCUT2D eigenvalue weighted by molar-refractivity contribution is 0.0858. The highest BCUT2D eigenvalue weighted by Crippen LogP contribution is 2.30. The average Bonchev–Trinajstić information content (AvgIpc) is 3.30. The smallest absolute Gasteiger partial charge is 0.259 e. The fraction of sp³-hybridized carbons (Fsp3) is 0.444. The van der Waals surface area contributed by atoms with Crippen LogP contribution >= 0.6 is 11.6 Å². The van der Waals surface area contributed by atoms with Crippen LogP contribution in [0.4, 0.5) is 5.82 Å². The number of hydrogen-bond acceptors (Lipinski definition) is 6. The highest BCUT2D eigenvalue weighted by molar-refractivity contribution is 6.30. The first-order chi connectivity index (χ1) is 12.7. The summed E-state index contributed by atoms with van der Waals surface area (Å²) in [6, 6.07) is 7.06. The SMILES string of the molecule is COCCNc1noc(-c2ccc(Cl)cc2)c1C(=O)NC[C@@H]1CCCO1. The molecule has 1 amide bonds. The molecule has 1 aromatic heterocycles. The highest BCUT2D eigenvalue weighted by Gasteiger charge is 2.25. The number of nitrogens with one attached hydrogen (secondary N) is 2. The van der Waals surface area contributed by atoms with E-state index in [0.717, 1.165) is 25.0 Å².